The molecule has 1 amide bonds. The van der Waals surface area contributed by atoms with Gasteiger partial charge in [0.2, 0.25) is 0 Å². The fourth-order valence-corrected chi connectivity index (χ4v) is 4.04. The predicted octanol–water partition coefficient (Wildman–Crippen LogP) is 1.65. The first-order valence-corrected chi connectivity index (χ1v) is 9.00. The Bertz CT molecular complexity index is 695. The third-order valence-corrected chi connectivity index (χ3v) is 5.36. The van der Waals surface area contributed by atoms with Crippen LogP contribution in [0.5, 0.6) is 5.75 Å². The lowest BCUT2D eigenvalue weighted by Gasteiger charge is -2.54. The molecule has 27 heavy (non-hydrogen) atoms. The Balaban J connectivity index is 0.00000261. The van der Waals surface area contributed by atoms with Gasteiger partial charge in [0.05, 0.1) is 6.10 Å². The summed E-state index contributed by atoms with van der Waals surface area (Å²) in [6, 6.07) is 7.92. The number of hydrogen-bond donors (Lipinski definition) is 3. The van der Waals surface area contributed by atoms with Crippen LogP contribution in [-0.2, 0) is 16.1 Å². The predicted molar refractivity (Wildman–Crippen MR) is 115 cm³/mol. The zero-order valence-electron chi connectivity index (χ0n) is 16.0. The van der Waals surface area contributed by atoms with Crippen LogP contribution in [-0.4, -0.2) is 44.3 Å². The number of fused-ring (bicyclic) bond motifs is 1. The van der Waals surface area contributed by atoms with Crippen LogP contribution in [0, 0.1) is 11.3 Å². The third kappa shape index (κ3) is 4.84. The van der Waals surface area contributed by atoms with Crippen LogP contribution in [0.15, 0.2) is 29.3 Å². The summed E-state index contributed by atoms with van der Waals surface area (Å²) in [5.74, 6) is 1.46. The highest BCUT2D eigenvalue weighted by Crippen LogP contribution is 2.52. The number of carbonyl (C=O) groups is 1. The van der Waals surface area contributed by atoms with Crippen LogP contribution >= 0.6 is 24.0 Å². The molecular weight excluding hydrogens is 459 g/mol. The first-order chi connectivity index (χ1) is 12.4. The Morgan fingerprint density at radius 1 is 1.44 bits per heavy atom. The number of rotatable bonds is 6. The second-order valence-electron chi connectivity index (χ2n) is 7.52. The van der Waals surface area contributed by atoms with Gasteiger partial charge in [0.15, 0.2) is 12.6 Å². The maximum atomic E-state index is 10.8. The highest BCUT2D eigenvalue weighted by molar-refractivity contribution is 14.0. The highest BCUT2D eigenvalue weighted by atomic mass is 127. The largest absolute Gasteiger partial charge is 0.484 e. The number of hydrogen-bond acceptors (Lipinski definition) is 4. The number of carbonyl (C=O) groups excluding carboxylic acids is 1. The van der Waals surface area contributed by atoms with Crippen molar-refractivity contribution in [1.82, 2.24) is 10.6 Å². The number of nitrogens with zero attached hydrogens (tertiary/aromatic N) is 1. The maximum Gasteiger partial charge on any atom is 0.255 e. The molecule has 1 heterocycles. The maximum absolute atomic E-state index is 10.8. The van der Waals surface area contributed by atoms with Crippen molar-refractivity contribution in [3.8, 4) is 5.75 Å². The molecule has 4 N–H and O–H groups in total. The van der Waals surface area contributed by atoms with Gasteiger partial charge in [-0.15, -0.1) is 24.0 Å². The average Bonchev–Trinajstić information content (AvgIpc) is 3.07. The second-order valence-corrected chi connectivity index (χ2v) is 7.52. The van der Waals surface area contributed by atoms with E-state index < -0.39 is 5.91 Å². The molecule has 7 nitrogen and oxygen atoms in total. The van der Waals surface area contributed by atoms with Crippen LogP contribution in [0.4, 0.5) is 0 Å². The minimum atomic E-state index is -0.490. The number of benzene rings is 1. The molecule has 0 bridgehead atoms. The van der Waals surface area contributed by atoms with Gasteiger partial charge in [-0.05, 0) is 24.1 Å². The van der Waals surface area contributed by atoms with Crippen LogP contribution in [0.1, 0.15) is 25.8 Å². The molecule has 1 saturated carbocycles. The van der Waals surface area contributed by atoms with Crippen molar-refractivity contribution in [2.75, 3.05) is 20.3 Å². The molecule has 3 rings (SSSR count). The minimum Gasteiger partial charge on any atom is -0.484 e. The van der Waals surface area contributed by atoms with Gasteiger partial charge >= 0.3 is 0 Å². The summed E-state index contributed by atoms with van der Waals surface area (Å²) in [5.41, 5.74) is 6.24. The quantitative estimate of drug-likeness (QED) is 0.322. The lowest BCUT2D eigenvalue weighted by atomic mass is 9.57. The molecule has 0 spiro atoms. The van der Waals surface area contributed by atoms with Crippen molar-refractivity contribution >= 4 is 35.8 Å². The van der Waals surface area contributed by atoms with Crippen LogP contribution in [0.25, 0.3) is 0 Å². The van der Waals surface area contributed by atoms with Crippen molar-refractivity contribution < 1.29 is 14.3 Å². The van der Waals surface area contributed by atoms with Crippen molar-refractivity contribution in [2.24, 2.45) is 22.1 Å². The fourth-order valence-electron chi connectivity index (χ4n) is 4.04. The molecule has 3 unspecified atom stereocenters. The van der Waals surface area contributed by atoms with Gasteiger partial charge in [-0.3, -0.25) is 9.79 Å². The van der Waals surface area contributed by atoms with Gasteiger partial charge in [0.1, 0.15) is 5.75 Å². The summed E-state index contributed by atoms with van der Waals surface area (Å²) in [6.07, 6.45) is 1.44. The fraction of sp³-hybridized carbons (Fsp3) is 0.579. The summed E-state index contributed by atoms with van der Waals surface area (Å²) in [4.78, 5) is 15.2. The van der Waals surface area contributed by atoms with Crippen molar-refractivity contribution in [1.29, 1.82) is 0 Å². The summed E-state index contributed by atoms with van der Waals surface area (Å²) < 4.78 is 11.2. The summed E-state index contributed by atoms with van der Waals surface area (Å²) in [7, 11) is 1.77. The molecule has 0 aromatic heterocycles. The van der Waals surface area contributed by atoms with E-state index >= 15 is 0 Å². The van der Waals surface area contributed by atoms with Gasteiger partial charge in [0.25, 0.3) is 5.91 Å². The molecule has 150 valence electrons. The molecule has 3 atom stereocenters. The molecule has 0 radical (unpaired) electrons. The van der Waals surface area contributed by atoms with E-state index in [1.807, 2.05) is 18.2 Å². The van der Waals surface area contributed by atoms with Gasteiger partial charge in [-0.2, -0.15) is 0 Å². The molecule has 2 fully saturated rings. The molecule has 1 saturated heterocycles. The van der Waals surface area contributed by atoms with E-state index in [-0.39, 0.29) is 36.0 Å². The van der Waals surface area contributed by atoms with E-state index in [9.17, 15) is 4.79 Å². The minimum absolute atomic E-state index is 0. The Kier molecular flexibility index (Phi) is 7.32. The number of primary amides is 1. The van der Waals surface area contributed by atoms with Gasteiger partial charge in [-0.1, -0.05) is 26.0 Å². The molecule has 1 aliphatic heterocycles. The molecule has 8 heteroatoms. The van der Waals surface area contributed by atoms with Crippen molar-refractivity contribution in [3.05, 3.63) is 29.8 Å². The number of aliphatic imine (C=N–C) groups is 1. The normalized spacial score (nSPS) is 25.6. The number of nitrogens with two attached hydrogens (primary N) is 1. The number of nitrogens with one attached hydrogen (secondary N) is 2. The number of halogens is 1. The van der Waals surface area contributed by atoms with Crippen molar-refractivity contribution in [3.63, 3.8) is 0 Å². The van der Waals surface area contributed by atoms with E-state index in [1.54, 1.807) is 13.1 Å². The number of ether oxygens (including phenoxy) is 2. The molecule has 1 aromatic carbocycles. The molecule has 1 aliphatic carbocycles. The Labute approximate surface area is 177 Å². The summed E-state index contributed by atoms with van der Waals surface area (Å²) in [6.45, 7) is 5.81. The van der Waals surface area contributed by atoms with Crippen molar-refractivity contribution in [2.45, 2.75) is 39.0 Å². The van der Waals surface area contributed by atoms with Crippen LogP contribution in [0.3, 0.4) is 0 Å². The summed E-state index contributed by atoms with van der Waals surface area (Å²) >= 11 is 0. The number of guanidine groups is 1. The average molecular weight is 488 g/mol. The Morgan fingerprint density at radius 3 is 2.93 bits per heavy atom. The first kappa shape index (κ1) is 21.7. The van der Waals surface area contributed by atoms with E-state index in [0.29, 0.717) is 30.4 Å². The number of amides is 1. The van der Waals surface area contributed by atoms with Gasteiger partial charge in [0, 0.05) is 37.6 Å². The zero-order chi connectivity index (χ0) is 18.7. The Morgan fingerprint density at radius 2 is 2.22 bits per heavy atom. The lowest BCUT2D eigenvalue weighted by Crippen LogP contribution is -2.67. The highest BCUT2D eigenvalue weighted by Gasteiger charge is 2.59. The third-order valence-electron chi connectivity index (χ3n) is 5.36. The second kappa shape index (κ2) is 9.09. The zero-order valence-corrected chi connectivity index (χ0v) is 18.4. The van der Waals surface area contributed by atoms with E-state index in [4.69, 9.17) is 15.2 Å². The molecular formula is C19H29IN4O3. The Hall–Kier alpha value is -1.55. The van der Waals surface area contributed by atoms with Gasteiger partial charge < -0.3 is 25.8 Å². The lowest BCUT2D eigenvalue weighted by molar-refractivity contribution is -0.119. The van der Waals surface area contributed by atoms with Crippen LogP contribution < -0.4 is 21.1 Å². The standard InChI is InChI=1S/C19H28N4O3.HI/c1-19(2)16(14-7-8-25-17(14)19)23-18(21-3)22-10-12-5-4-6-13(9-12)26-11-15(20)24;/h4-6,9,14,16-17H,7-8,10-11H2,1-3H3,(H2,20,24)(H2,21,22,23);1H. The SMILES string of the molecule is CN=C(NCc1cccc(OCC(N)=O)c1)NC1C2CCOC2C1(C)C.I. The smallest absolute Gasteiger partial charge is 0.255 e. The van der Waals surface area contributed by atoms with E-state index in [2.05, 4.69) is 29.5 Å². The molecule has 2 aliphatic rings. The summed E-state index contributed by atoms with van der Waals surface area (Å²) in [5, 5.41) is 6.90. The van der Waals surface area contributed by atoms with E-state index in [0.717, 1.165) is 24.6 Å². The van der Waals surface area contributed by atoms with Gasteiger partial charge in [-0.25, -0.2) is 0 Å². The van der Waals surface area contributed by atoms with Crippen LogP contribution in [0.2, 0.25) is 0 Å². The molecule has 1 aromatic rings. The monoisotopic (exact) mass is 488 g/mol. The van der Waals surface area contributed by atoms with E-state index in [1.165, 1.54) is 0 Å². The first-order valence-electron chi connectivity index (χ1n) is 9.00. The topological polar surface area (TPSA) is 98.0 Å².